The van der Waals surface area contributed by atoms with Gasteiger partial charge in [0.2, 0.25) is 5.91 Å². The normalized spacial score (nSPS) is 12.0. The van der Waals surface area contributed by atoms with E-state index in [4.69, 9.17) is 11.6 Å². The first-order chi connectivity index (χ1) is 13.6. The van der Waals surface area contributed by atoms with Gasteiger partial charge in [0, 0.05) is 5.02 Å². The summed E-state index contributed by atoms with van der Waals surface area (Å²) in [7, 11) is 0. The minimum Gasteiger partial charge on any atom is -0.349 e. The summed E-state index contributed by atoms with van der Waals surface area (Å²) in [5.74, 6) is 0.245. The van der Waals surface area contributed by atoms with E-state index in [9.17, 15) is 4.79 Å². The number of carbonyl (C=O) groups is 1. The Labute approximate surface area is 174 Å². The number of amides is 1. The molecule has 2 aromatic carbocycles. The van der Waals surface area contributed by atoms with Crippen molar-refractivity contribution >= 4 is 29.3 Å². The first kappa shape index (κ1) is 20.4. The fourth-order valence-electron chi connectivity index (χ4n) is 2.89. The van der Waals surface area contributed by atoms with E-state index in [0.29, 0.717) is 10.2 Å². The summed E-state index contributed by atoms with van der Waals surface area (Å²) in [6.07, 6.45) is 3.53. The van der Waals surface area contributed by atoms with Gasteiger partial charge in [-0.2, -0.15) is 0 Å². The summed E-state index contributed by atoms with van der Waals surface area (Å²) >= 11 is 7.59. The molecule has 3 aromatic rings. The van der Waals surface area contributed by atoms with E-state index in [2.05, 4.69) is 22.4 Å². The van der Waals surface area contributed by atoms with Crippen molar-refractivity contribution < 1.29 is 4.79 Å². The van der Waals surface area contributed by atoms with Gasteiger partial charge in [-0.15, -0.1) is 10.2 Å². The van der Waals surface area contributed by atoms with Crippen LogP contribution in [0.3, 0.4) is 0 Å². The van der Waals surface area contributed by atoms with Crippen molar-refractivity contribution in [3.8, 4) is 5.69 Å². The molecule has 28 heavy (non-hydrogen) atoms. The molecule has 7 heteroatoms. The number of hydrogen-bond acceptors (Lipinski definition) is 4. The lowest BCUT2D eigenvalue weighted by Gasteiger charge is -2.18. The molecule has 0 bridgehead atoms. The van der Waals surface area contributed by atoms with Gasteiger partial charge >= 0.3 is 0 Å². The van der Waals surface area contributed by atoms with E-state index in [-0.39, 0.29) is 17.7 Å². The number of thioether (sulfide) groups is 1. The molecule has 1 heterocycles. The number of aryl methyl sites for hydroxylation is 1. The lowest BCUT2D eigenvalue weighted by Crippen LogP contribution is -2.30. The van der Waals surface area contributed by atoms with Crippen LogP contribution in [0.15, 0.2) is 60.0 Å². The number of nitrogens with zero attached hydrogens (tertiary/aromatic N) is 3. The van der Waals surface area contributed by atoms with E-state index in [1.54, 1.807) is 6.33 Å². The van der Waals surface area contributed by atoms with Crippen LogP contribution >= 0.6 is 23.4 Å². The monoisotopic (exact) mass is 414 g/mol. The highest BCUT2D eigenvalue weighted by Crippen LogP contribution is 2.24. The van der Waals surface area contributed by atoms with Crippen LogP contribution in [-0.2, 0) is 4.79 Å². The van der Waals surface area contributed by atoms with Crippen LogP contribution in [0.5, 0.6) is 0 Å². The van der Waals surface area contributed by atoms with Crippen LogP contribution in [0.4, 0.5) is 0 Å². The number of nitrogens with one attached hydrogen (secondary N) is 1. The van der Waals surface area contributed by atoms with E-state index in [1.165, 1.54) is 11.8 Å². The molecule has 1 amide bonds. The van der Waals surface area contributed by atoms with Gasteiger partial charge in [-0.05, 0) is 36.6 Å². The first-order valence-corrected chi connectivity index (χ1v) is 10.6. The van der Waals surface area contributed by atoms with E-state index < -0.39 is 0 Å². The summed E-state index contributed by atoms with van der Waals surface area (Å²) in [6.45, 7) is 4.07. The van der Waals surface area contributed by atoms with E-state index >= 15 is 0 Å². The van der Waals surface area contributed by atoms with Crippen LogP contribution in [0, 0.1) is 6.92 Å². The molecule has 0 aliphatic carbocycles. The van der Waals surface area contributed by atoms with Gasteiger partial charge in [0.1, 0.15) is 6.33 Å². The highest BCUT2D eigenvalue weighted by Gasteiger charge is 2.15. The maximum atomic E-state index is 12.5. The Kier molecular flexibility index (Phi) is 7.12. The standard InChI is InChI=1S/C21H23ClN4OS/c1-3-7-19(16-8-5-4-6-9-16)24-20(27)13-28-21-25-23-14-26(21)17-11-10-15(2)18(22)12-17/h4-6,8-12,14,19H,3,7,13H2,1-2H3,(H,24,27). The fraction of sp³-hybridized carbons (Fsp3) is 0.286. The number of aromatic nitrogens is 3. The van der Waals surface area contributed by atoms with Crippen molar-refractivity contribution in [1.29, 1.82) is 0 Å². The van der Waals surface area contributed by atoms with Crippen LogP contribution in [0.25, 0.3) is 5.69 Å². The Balaban J connectivity index is 1.65. The maximum Gasteiger partial charge on any atom is 0.230 e. The number of hydrogen-bond donors (Lipinski definition) is 1. The molecule has 1 aromatic heterocycles. The predicted molar refractivity (Wildman–Crippen MR) is 114 cm³/mol. The molecule has 0 radical (unpaired) electrons. The van der Waals surface area contributed by atoms with E-state index in [0.717, 1.165) is 29.7 Å². The molecule has 0 aliphatic heterocycles. The lowest BCUT2D eigenvalue weighted by molar-refractivity contribution is -0.119. The molecule has 0 spiro atoms. The smallest absolute Gasteiger partial charge is 0.230 e. The van der Waals surface area contributed by atoms with Crippen molar-refractivity contribution in [3.05, 3.63) is 71.0 Å². The molecule has 0 aliphatic rings. The number of rotatable bonds is 8. The topological polar surface area (TPSA) is 59.8 Å². The molecule has 1 unspecified atom stereocenters. The van der Waals surface area contributed by atoms with Gasteiger partial charge in [0.25, 0.3) is 0 Å². The van der Waals surface area contributed by atoms with Crippen LogP contribution in [0.2, 0.25) is 5.02 Å². The first-order valence-electron chi connectivity index (χ1n) is 9.22. The molecular weight excluding hydrogens is 392 g/mol. The second-order valence-corrected chi connectivity index (χ2v) is 7.87. The average molecular weight is 415 g/mol. The van der Waals surface area contributed by atoms with Gasteiger partial charge in [0.05, 0.1) is 17.5 Å². The van der Waals surface area contributed by atoms with Crippen LogP contribution in [0.1, 0.15) is 36.9 Å². The number of benzene rings is 2. The zero-order valence-corrected chi connectivity index (χ0v) is 17.5. The summed E-state index contributed by atoms with van der Waals surface area (Å²) < 4.78 is 1.84. The Morgan fingerprint density at radius 3 is 2.75 bits per heavy atom. The second kappa shape index (κ2) is 9.75. The Hall–Kier alpha value is -2.31. The average Bonchev–Trinajstić information content (AvgIpc) is 3.17. The van der Waals surface area contributed by atoms with Crippen molar-refractivity contribution in [3.63, 3.8) is 0 Å². The van der Waals surface area contributed by atoms with Crippen molar-refractivity contribution in [2.75, 3.05) is 5.75 Å². The quantitative estimate of drug-likeness (QED) is 0.528. The second-order valence-electron chi connectivity index (χ2n) is 6.53. The highest BCUT2D eigenvalue weighted by atomic mass is 35.5. The zero-order valence-electron chi connectivity index (χ0n) is 15.9. The Bertz CT molecular complexity index is 929. The third-order valence-corrected chi connectivity index (χ3v) is 5.75. The third-order valence-electron chi connectivity index (χ3n) is 4.40. The fourth-order valence-corrected chi connectivity index (χ4v) is 3.81. The molecular formula is C21H23ClN4OS. The Morgan fingerprint density at radius 1 is 1.25 bits per heavy atom. The minimum absolute atomic E-state index is 0.0214. The largest absolute Gasteiger partial charge is 0.349 e. The highest BCUT2D eigenvalue weighted by molar-refractivity contribution is 7.99. The number of halogens is 1. The molecule has 0 saturated carbocycles. The molecule has 5 nitrogen and oxygen atoms in total. The van der Waals surface area contributed by atoms with Gasteiger partial charge in [-0.3, -0.25) is 9.36 Å². The van der Waals surface area contributed by atoms with Crippen LogP contribution < -0.4 is 5.32 Å². The van der Waals surface area contributed by atoms with Crippen molar-refractivity contribution in [1.82, 2.24) is 20.1 Å². The molecule has 0 saturated heterocycles. The zero-order chi connectivity index (χ0) is 19.9. The SMILES string of the molecule is CCCC(NC(=O)CSc1nncn1-c1ccc(C)c(Cl)c1)c1ccccc1. The van der Waals surface area contributed by atoms with Gasteiger partial charge in [0.15, 0.2) is 5.16 Å². The molecule has 146 valence electrons. The number of carbonyl (C=O) groups excluding carboxylic acids is 1. The molecule has 3 rings (SSSR count). The predicted octanol–water partition coefficient (Wildman–Crippen LogP) is 4.98. The summed E-state index contributed by atoms with van der Waals surface area (Å²) in [5, 5.41) is 12.6. The Morgan fingerprint density at radius 2 is 2.04 bits per heavy atom. The summed E-state index contributed by atoms with van der Waals surface area (Å²) in [6, 6.07) is 15.9. The molecule has 0 fully saturated rings. The van der Waals surface area contributed by atoms with Crippen molar-refractivity contribution in [2.24, 2.45) is 0 Å². The third kappa shape index (κ3) is 5.14. The van der Waals surface area contributed by atoms with Crippen LogP contribution in [-0.4, -0.2) is 26.4 Å². The summed E-state index contributed by atoms with van der Waals surface area (Å²) in [4.78, 5) is 12.5. The molecule has 1 atom stereocenters. The van der Waals surface area contributed by atoms with Gasteiger partial charge < -0.3 is 5.32 Å². The van der Waals surface area contributed by atoms with Crippen molar-refractivity contribution in [2.45, 2.75) is 37.9 Å². The maximum absolute atomic E-state index is 12.5. The summed E-state index contributed by atoms with van der Waals surface area (Å²) in [5.41, 5.74) is 3.01. The molecule has 1 N–H and O–H groups in total. The minimum atomic E-state index is -0.0243. The van der Waals surface area contributed by atoms with E-state index in [1.807, 2.05) is 60.0 Å². The lowest BCUT2D eigenvalue weighted by atomic mass is 10.0. The van der Waals surface area contributed by atoms with Gasteiger partial charge in [-0.25, -0.2) is 0 Å². The van der Waals surface area contributed by atoms with Gasteiger partial charge in [-0.1, -0.05) is 73.1 Å².